The molecule has 0 heterocycles. The summed E-state index contributed by atoms with van der Waals surface area (Å²) in [4.78, 5) is 12.6. The average molecular weight is 286 g/mol. The van der Waals surface area contributed by atoms with Gasteiger partial charge in [0, 0.05) is 29.9 Å². The van der Waals surface area contributed by atoms with Gasteiger partial charge >= 0.3 is 29.6 Å². The van der Waals surface area contributed by atoms with E-state index in [1.807, 2.05) is 36.4 Å². The molecule has 0 aromatic heterocycles. The molecule has 2 aromatic carbocycles. The van der Waals surface area contributed by atoms with E-state index in [0.717, 1.165) is 11.3 Å². The molecule has 0 saturated carbocycles. The van der Waals surface area contributed by atoms with Gasteiger partial charge in [0.25, 0.3) is 0 Å². The molecule has 2 aromatic rings. The third-order valence-electron chi connectivity index (χ3n) is 2.07. The number of rotatable bonds is 3. The minimum Gasteiger partial charge on any atom is -0.550 e. The number of benzene rings is 2. The van der Waals surface area contributed by atoms with Crippen LogP contribution in [0.1, 0.15) is 5.56 Å². The standard InChI is InChI=1S/C8H8O2.C6H6ClN.Na/c9-8(10)6-7-4-2-1-3-5-7;7-8-6-4-2-1-3-5-6;/h1-5H,6H2,(H,9,10);1-5,8H;/q;;+1/p-1. The van der Waals surface area contributed by atoms with Crippen LogP contribution in [-0.4, -0.2) is 5.97 Å². The van der Waals surface area contributed by atoms with Crippen LogP contribution in [0.3, 0.4) is 0 Å². The Morgan fingerprint density at radius 1 is 1.00 bits per heavy atom. The maximum absolute atomic E-state index is 10.1. The fraction of sp³-hybridized carbons (Fsp3) is 0.0714. The van der Waals surface area contributed by atoms with E-state index in [0.29, 0.717) is 0 Å². The van der Waals surface area contributed by atoms with Gasteiger partial charge in [-0.1, -0.05) is 48.5 Å². The van der Waals surface area contributed by atoms with Gasteiger partial charge in [0.15, 0.2) is 0 Å². The first-order valence-electron chi connectivity index (χ1n) is 5.38. The molecule has 0 spiro atoms. The maximum atomic E-state index is 10.1. The van der Waals surface area contributed by atoms with Gasteiger partial charge in [0.1, 0.15) is 0 Å². The maximum Gasteiger partial charge on any atom is 1.00 e. The molecule has 0 aliphatic heterocycles. The third kappa shape index (κ3) is 8.67. The van der Waals surface area contributed by atoms with E-state index in [9.17, 15) is 9.90 Å². The van der Waals surface area contributed by atoms with Crippen molar-refractivity contribution < 1.29 is 39.5 Å². The van der Waals surface area contributed by atoms with Crippen molar-refractivity contribution in [2.75, 3.05) is 4.84 Å². The van der Waals surface area contributed by atoms with E-state index in [1.165, 1.54) is 0 Å². The summed E-state index contributed by atoms with van der Waals surface area (Å²) in [5.74, 6) is -1.04. The average Bonchev–Trinajstić information content (AvgIpc) is 2.41. The first kappa shape index (κ1) is 18.0. The first-order valence-corrected chi connectivity index (χ1v) is 5.75. The predicted octanol–water partition coefficient (Wildman–Crippen LogP) is -0.765. The topological polar surface area (TPSA) is 52.2 Å². The van der Waals surface area contributed by atoms with Crippen LogP contribution in [0.4, 0.5) is 5.69 Å². The number of carboxylic acids is 1. The van der Waals surface area contributed by atoms with Crippen molar-refractivity contribution in [3.05, 3.63) is 66.2 Å². The molecule has 2 rings (SSSR count). The molecule has 19 heavy (non-hydrogen) atoms. The molecule has 0 fully saturated rings. The Labute approximate surface area is 140 Å². The Kier molecular flexibility index (Phi) is 10.3. The molecule has 0 aliphatic carbocycles. The second-order valence-electron chi connectivity index (χ2n) is 3.49. The van der Waals surface area contributed by atoms with E-state index >= 15 is 0 Å². The number of aliphatic carboxylic acids is 1. The van der Waals surface area contributed by atoms with Crippen molar-refractivity contribution in [1.82, 2.24) is 0 Å². The normalized spacial score (nSPS) is 8.47. The van der Waals surface area contributed by atoms with Crippen LogP contribution in [0, 0.1) is 0 Å². The molecule has 0 bridgehead atoms. The third-order valence-corrected chi connectivity index (χ3v) is 2.29. The largest absolute Gasteiger partial charge is 1.00 e. The summed E-state index contributed by atoms with van der Waals surface area (Å²) in [5.41, 5.74) is 1.71. The van der Waals surface area contributed by atoms with Crippen LogP contribution in [0.25, 0.3) is 0 Å². The van der Waals surface area contributed by atoms with Crippen LogP contribution in [0.5, 0.6) is 0 Å². The number of halogens is 1. The molecule has 0 amide bonds. The number of hydrogen-bond acceptors (Lipinski definition) is 3. The van der Waals surface area contributed by atoms with E-state index in [4.69, 9.17) is 11.8 Å². The number of hydrogen-bond donors (Lipinski definition) is 1. The number of carboxylic acid groups (broad SMARTS) is 1. The molecule has 0 radical (unpaired) electrons. The van der Waals surface area contributed by atoms with E-state index in [1.54, 1.807) is 24.3 Å². The number of carbonyl (C=O) groups is 1. The zero-order chi connectivity index (χ0) is 13.2. The zero-order valence-corrected chi connectivity index (χ0v) is 13.4. The Morgan fingerprint density at radius 3 is 1.84 bits per heavy atom. The molecule has 94 valence electrons. The quantitative estimate of drug-likeness (QED) is 0.596. The van der Waals surface area contributed by atoms with E-state index in [-0.39, 0.29) is 36.0 Å². The SMILES string of the molecule is ClNc1ccccc1.O=C([O-])Cc1ccccc1.[Na+]. The Balaban J connectivity index is 0.000000331. The second kappa shape index (κ2) is 10.9. The van der Waals surface area contributed by atoms with E-state index in [2.05, 4.69) is 4.84 Å². The van der Waals surface area contributed by atoms with Crippen molar-refractivity contribution in [3.63, 3.8) is 0 Å². The predicted molar refractivity (Wildman–Crippen MR) is 71.1 cm³/mol. The Hall–Kier alpha value is -1.000. The summed E-state index contributed by atoms with van der Waals surface area (Å²) in [7, 11) is 0. The van der Waals surface area contributed by atoms with Crippen molar-refractivity contribution in [2.45, 2.75) is 6.42 Å². The fourth-order valence-corrected chi connectivity index (χ4v) is 1.39. The van der Waals surface area contributed by atoms with Crippen molar-refractivity contribution in [1.29, 1.82) is 0 Å². The number of anilines is 1. The van der Waals surface area contributed by atoms with Gasteiger partial charge < -0.3 is 9.90 Å². The summed E-state index contributed by atoms with van der Waals surface area (Å²) in [6, 6.07) is 18.5. The Bertz CT molecular complexity index is 465. The smallest absolute Gasteiger partial charge is 0.550 e. The van der Waals surface area contributed by atoms with E-state index < -0.39 is 5.97 Å². The minimum atomic E-state index is -1.04. The van der Waals surface area contributed by atoms with Crippen LogP contribution in [0.2, 0.25) is 0 Å². The van der Waals surface area contributed by atoms with Gasteiger partial charge in [-0.3, -0.25) is 4.84 Å². The molecule has 0 saturated heterocycles. The number of para-hydroxylation sites is 1. The van der Waals surface area contributed by atoms with Crippen molar-refractivity contribution in [3.8, 4) is 0 Å². The van der Waals surface area contributed by atoms with Gasteiger partial charge in [0.2, 0.25) is 0 Å². The van der Waals surface area contributed by atoms with Gasteiger partial charge in [0.05, 0.1) is 0 Å². The molecular formula is C14H13ClNNaO2. The fourth-order valence-electron chi connectivity index (χ4n) is 1.26. The molecule has 1 N–H and O–H groups in total. The summed E-state index contributed by atoms with van der Waals surface area (Å²) >= 11 is 5.28. The molecule has 0 aliphatic rings. The van der Waals surface area contributed by atoms with Crippen molar-refractivity contribution >= 4 is 23.4 Å². The second-order valence-corrected chi connectivity index (χ2v) is 3.68. The first-order chi connectivity index (χ1) is 8.72. The summed E-state index contributed by atoms with van der Waals surface area (Å²) in [5, 5.41) is 10.1. The van der Waals surface area contributed by atoms with Gasteiger partial charge in [-0.2, -0.15) is 0 Å². The molecule has 0 atom stereocenters. The zero-order valence-electron chi connectivity index (χ0n) is 10.7. The van der Waals surface area contributed by atoms with Gasteiger partial charge in [-0.05, 0) is 17.7 Å². The molecule has 3 nitrogen and oxygen atoms in total. The monoisotopic (exact) mass is 285 g/mol. The summed E-state index contributed by atoms with van der Waals surface area (Å²) in [6.45, 7) is 0. The van der Waals surface area contributed by atoms with Crippen molar-refractivity contribution in [2.24, 2.45) is 0 Å². The summed E-state index contributed by atoms with van der Waals surface area (Å²) < 4.78 is 0. The van der Waals surface area contributed by atoms with Gasteiger partial charge in [-0.25, -0.2) is 0 Å². The van der Waals surface area contributed by atoms with Gasteiger partial charge in [-0.15, -0.1) is 0 Å². The number of nitrogens with one attached hydrogen (secondary N) is 1. The molecular weight excluding hydrogens is 273 g/mol. The van der Waals surface area contributed by atoms with Crippen LogP contribution < -0.4 is 39.5 Å². The minimum absolute atomic E-state index is 0. The Morgan fingerprint density at radius 2 is 1.47 bits per heavy atom. The van der Waals surface area contributed by atoms with Crippen LogP contribution in [0.15, 0.2) is 60.7 Å². The van der Waals surface area contributed by atoms with Crippen LogP contribution >= 0.6 is 11.8 Å². The molecule has 0 unspecified atom stereocenters. The molecule has 5 heteroatoms. The summed E-state index contributed by atoms with van der Waals surface area (Å²) in [6.07, 6.45) is 0.000833. The van der Waals surface area contributed by atoms with Crippen LogP contribution in [-0.2, 0) is 11.2 Å². The number of carbonyl (C=O) groups excluding carboxylic acids is 1.